The van der Waals surface area contributed by atoms with Crippen molar-refractivity contribution in [2.24, 2.45) is 5.92 Å². The lowest BCUT2D eigenvalue weighted by molar-refractivity contribution is -0.122. The van der Waals surface area contributed by atoms with Gasteiger partial charge in [-0.05, 0) is 56.2 Å². The van der Waals surface area contributed by atoms with Crippen LogP contribution in [-0.2, 0) is 4.79 Å². The first-order valence-electron chi connectivity index (χ1n) is 9.70. The molecular weight excluding hydrogens is 372 g/mol. The van der Waals surface area contributed by atoms with Crippen LogP contribution in [0.25, 0.3) is 0 Å². The Hall–Kier alpha value is -3.22. The Morgan fingerprint density at radius 3 is 2.69 bits per heavy atom. The SMILES string of the molecule is CCOc1cc(C(=O)Nc2ccc3c(c2)NC(=O)[C@@H](C)O3)ccc1OCC(C)C. The number of anilines is 2. The molecule has 0 bridgehead atoms. The number of rotatable bonds is 7. The van der Waals surface area contributed by atoms with Crippen molar-refractivity contribution in [1.82, 2.24) is 0 Å². The summed E-state index contributed by atoms with van der Waals surface area (Å²) in [4.78, 5) is 24.5. The molecule has 1 aliphatic heterocycles. The lowest BCUT2D eigenvalue weighted by atomic mass is 10.1. The van der Waals surface area contributed by atoms with E-state index >= 15 is 0 Å². The molecule has 0 aliphatic carbocycles. The van der Waals surface area contributed by atoms with Gasteiger partial charge < -0.3 is 24.8 Å². The zero-order valence-electron chi connectivity index (χ0n) is 17.1. The first kappa shape index (κ1) is 20.5. The molecule has 1 heterocycles. The van der Waals surface area contributed by atoms with Gasteiger partial charge in [0.15, 0.2) is 17.6 Å². The average Bonchev–Trinajstić information content (AvgIpc) is 2.68. The zero-order valence-corrected chi connectivity index (χ0v) is 17.1. The van der Waals surface area contributed by atoms with Gasteiger partial charge in [-0.25, -0.2) is 0 Å². The van der Waals surface area contributed by atoms with Gasteiger partial charge in [0.2, 0.25) is 0 Å². The molecule has 29 heavy (non-hydrogen) atoms. The Morgan fingerprint density at radius 2 is 1.97 bits per heavy atom. The Labute approximate surface area is 170 Å². The normalized spacial score (nSPS) is 15.2. The highest BCUT2D eigenvalue weighted by molar-refractivity contribution is 6.05. The standard InChI is InChI=1S/C22H26N2O5/c1-5-27-20-10-15(6-8-19(20)28-12-13(2)3)22(26)23-16-7-9-18-17(11-16)24-21(25)14(4)29-18/h6-11,13-14H,5,12H2,1-4H3,(H,23,26)(H,24,25)/t14-/m1/s1. The van der Waals surface area contributed by atoms with Crippen molar-refractivity contribution in [3.05, 3.63) is 42.0 Å². The fourth-order valence-electron chi connectivity index (χ4n) is 2.78. The molecule has 1 atom stereocenters. The van der Waals surface area contributed by atoms with Gasteiger partial charge in [0, 0.05) is 11.3 Å². The van der Waals surface area contributed by atoms with Crippen LogP contribution in [0.5, 0.6) is 17.2 Å². The molecule has 1 aliphatic rings. The van der Waals surface area contributed by atoms with Crippen LogP contribution in [0.15, 0.2) is 36.4 Å². The number of benzene rings is 2. The molecule has 0 aromatic heterocycles. The van der Waals surface area contributed by atoms with Gasteiger partial charge in [-0.15, -0.1) is 0 Å². The van der Waals surface area contributed by atoms with Crippen molar-refractivity contribution in [3.63, 3.8) is 0 Å². The molecule has 2 aromatic carbocycles. The molecule has 0 unspecified atom stereocenters. The van der Waals surface area contributed by atoms with Crippen LogP contribution in [0.1, 0.15) is 38.1 Å². The summed E-state index contributed by atoms with van der Waals surface area (Å²) in [5, 5.41) is 5.60. The molecule has 7 nitrogen and oxygen atoms in total. The minimum absolute atomic E-state index is 0.223. The number of amides is 2. The summed E-state index contributed by atoms with van der Waals surface area (Å²) in [5.41, 5.74) is 1.51. The summed E-state index contributed by atoms with van der Waals surface area (Å²) >= 11 is 0. The van der Waals surface area contributed by atoms with E-state index in [2.05, 4.69) is 24.5 Å². The quantitative estimate of drug-likeness (QED) is 0.734. The highest BCUT2D eigenvalue weighted by Crippen LogP contribution is 2.33. The molecule has 0 fully saturated rings. The summed E-state index contributed by atoms with van der Waals surface area (Å²) in [6, 6.07) is 10.2. The van der Waals surface area contributed by atoms with Crippen molar-refractivity contribution in [1.29, 1.82) is 0 Å². The molecule has 7 heteroatoms. The van der Waals surface area contributed by atoms with Crippen LogP contribution in [0.4, 0.5) is 11.4 Å². The highest BCUT2D eigenvalue weighted by atomic mass is 16.5. The fraction of sp³-hybridized carbons (Fsp3) is 0.364. The minimum Gasteiger partial charge on any atom is -0.490 e. The summed E-state index contributed by atoms with van der Waals surface area (Å²) in [6.45, 7) is 8.71. The van der Waals surface area contributed by atoms with Crippen molar-refractivity contribution in [2.75, 3.05) is 23.8 Å². The van der Waals surface area contributed by atoms with Crippen LogP contribution >= 0.6 is 0 Å². The van der Waals surface area contributed by atoms with E-state index in [1.807, 2.05) is 6.92 Å². The Kier molecular flexibility index (Phi) is 6.26. The van der Waals surface area contributed by atoms with E-state index in [0.29, 0.717) is 53.3 Å². The van der Waals surface area contributed by atoms with Gasteiger partial charge in [0.05, 0.1) is 18.9 Å². The maximum atomic E-state index is 12.7. The molecule has 2 aromatic rings. The van der Waals surface area contributed by atoms with E-state index in [1.165, 1.54) is 0 Å². The second kappa shape index (κ2) is 8.86. The van der Waals surface area contributed by atoms with Crippen LogP contribution in [0, 0.1) is 5.92 Å². The van der Waals surface area contributed by atoms with E-state index < -0.39 is 6.10 Å². The van der Waals surface area contributed by atoms with Crippen molar-refractivity contribution in [2.45, 2.75) is 33.8 Å². The van der Waals surface area contributed by atoms with Crippen molar-refractivity contribution in [3.8, 4) is 17.2 Å². The lowest BCUT2D eigenvalue weighted by Gasteiger charge is -2.23. The predicted octanol–water partition coefficient (Wildman–Crippen LogP) is 4.09. The number of nitrogens with one attached hydrogen (secondary N) is 2. The topological polar surface area (TPSA) is 85.9 Å². The molecule has 0 radical (unpaired) electrons. The van der Waals surface area contributed by atoms with Gasteiger partial charge in [-0.1, -0.05) is 13.8 Å². The van der Waals surface area contributed by atoms with E-state index in [0.717, 1.165) is 0 Å². The third-order valence-electron chi connectivity index (χ3n) is 4.25. The number of carbonyl (C=O) groups excluding carboxylic acids is 2. The molecule has 0 saturated carbocycles. The number of hydrogen-bond acceptors (Lipinski definition) is 5. The minimum atomic E-state index is -0.545. The van der Waals surface area contributed by atoms with E-state index in [-0.39, 0.29) is 11.8 Å². The molecule has 0 saturated heterocycles. The molecule has 0 spiro atoms. The molecule has 154 valence electrons. The predicted molar refractivity (Wildman–Crippen MR) is 111 cm³/mol. The maximum absolute atomic E-state index is 12.7. The number of fused-ring (bicyclic) bond motifs is 1. The van der Waals surface area contributed by atoms with Crippen LogP contribution in [-0.4, -0.2) is 31.1 Å². The van der Waals surface area contributed by atoms with Crippen LogP contribution in [0.3, 0.4) is 0 Å². The summed E-state index contributed by atoms with van der Waals surface area (Å²) < 4.78 is 16.9. The second-order valence-corrected chi connectivity index (χ2v) is 7.21. The Bertz CT molecular complexity index is 910. The number of hydrogen-bond donors (Lipinski definition) is 2. The highest BCUT2D eigenvalue weighted by Gasteiger charge is 2.23. The molecule has 2 N–H and O–H groups in total. The van der Waals surface area contributed by atoms with Crippen molar-refractivity contribution >= 4 is 23.2 Å². The first-order valence-corrected chi connectivity index (χ1v) is 9.70. The number of carbonyl (C=O) groups is 2. The van der Waals surface area contributed by atoms with Gasteiger partial charge in [-0.2, -0.15) is 0 Å². The van der Waals surface area contributed by atoms with E-state index in [1.54, 1.807) is 43.3 Å². The number of ether oxygens (including phenoxy) is 3. The monoisotopic (exact) mass is 398 g/mol. The van der Waals surface area contributed by atoms with E-state index in [4.69, 9.17) is 14.2 Å². The maximum Gasteiger partial charge on any atom is 0.265 e. The largest absolute Gasteiger partial charge is 0.490 e. The molecule has 2 amide bonds. The third kappa shape index (κ3) is 4.99. The van der Waals surface area contributed by atoms with Crippen molar-refractivity contribution < 1.29 is 23.8 Å². The lowest BCUT2D eigenvalue weighted by Crippen LogP contribution is -2.34. The van der Waals surface area contributed by atoms with Gasteiger partial charge in [-0.3, -0.25) is 9.59 Å². The van der Waals surface area contributed by atoms with Gasteiger partial charge in [0.25, 0.3) is 11.8 Å². The third-order valence-corrected chi connectivity index (χ3v) is 4.25. The average molecular weight is 398 g/mol. The summed E-state index contributed by atoms with van der Waals surface area (Å²) in [6.07, 6.45) is -0.545. The van der Waals surface area contributed by atoms with Crippen LogP contribution < -0.4 is 24.8 Å². The van der Waals surface area contributed by atoms with Gasteiger partial charge in [0.1, 0.15) is 5.75 Å². The fourth-order valence-corrected chi connectivity index (χ4v) is 2.78. The summed E-state index contributed by atoms with van der Waals surface area (Å²) in [7, 11) is 0. The van der Waals surface area contributed by atoms with Gasteiger partial charge >= 0.3 is 0 Å². The molecular formula is C22H26N2O5. The second-order valence-electron chi connectivity index (χ2n) is 7.21. The van der Waals surface area contributed by atoms with E-state index in [9.17, 15) is 9.59 Å². The first-order chi connectivity index (χ1) is 13.9. The Morgan fingerprint density at radius 1 is 1.17 bits per heavy atom. The van der Waals surface area contributed by atoms with Crippen LogP contribution in [0.2, 0.25) is 0 Å². The zero-order chi connectivity index (χ0) is 21.0. The Balaban J connectivity index is 1.76. The summed E-state index contributed by atoms with van der Waals surface area (Å²) in [5.74, 6) is 1.57. The smallest absolute Gasteiger partial charge is 0.265 e. The molecule has 3 rings (SSSR count).